The molecule has 130 valence electrons. The van der Waals surface area contributed by atoms with Gasteiger partial charge in [-0.05, 0) is 31.4 Å². The predicted octanol–water partition coefficient (Wildman–Crippen LogP) is 1.31. The van der Waals surface area contributed by atoms with Crippen molar-refractivity contribution in [1.82, 2.24) is 9.47 Å². The number of nitrogens with zero attached hydrogens (tertiary/aromatic N) is 2. The van der Waals surface area contributed by atoms with Gasteiger partial charge in [-0.2, -0.15) is 0 Å². The number of carbonyl (C=O) groups is 1. The van der Waals surface area contributed by atoms with Gasteiger partial charge in [0.15, 0.2) is 15.4 Å². The topological polar surface area (TPSA) is 89.6 Å². The molecule has 0 atom stereocenters. The average molecular weight is 352 g/mol. The number of oxazole rings is 1. The van der Waals surface area contributed by atoms with Gasteiger partial charge < -0.3 is 9.32 Å². The summed E-state index contributed by atoms with van der Waals surface area (Å²) < 4.78 is 31.2. The maximum Gasteiger partial charge on any atom is 0.419 e. The summed E-state index contributed by atoms with van der Waals surface area (Å²) in [7, 11) is -2.05. The number of rotatable bonds is 4. The van der Waals surface area contributed by atoms with Crippen LogP contribution in [-0.2, 0) is 21.7 Å². The fraction of sp³-hybridized carbons (Fsp3) is 0.500. The third kappa shape index (κ3) is 3.24. The van der Waals surface area contributed by atoms with Crippen molar-refractivity contribution in [2.75, 3.05) is 18.8 Å². The van der Waals surface area contributed by atoms with Crippen LogP contribution in [0, 0.1) is 0 Å². The molecule has 0 unspecified atom stereocenters. The Morgan fingerprint density at radius 2 is 1.92 bits per heavy atom. The number of aromatic nitrogens is 1. The molecule has 0 aliphatic carbocycles. The summed E-state index contributed by atoms with van der Waals surface area (Å²) in [6, 6.07) is 4.33. The lowest BCUT2D eigenvalue weighted by molar-refractivity contribution is -0.131. The summed E-state index contributed by atoms with van der Waals surface area (Å²) >= 11 is 0. The molecule has 8 heteroatoms. The van der Waals surface area contributed by atoms with Crippen molar-refractivity contribution in [1.29, 1.82) is 0 Å². The van der Waals surface area contributed by atoms with E-state index >= 15 is 0 Å². The highest BCUT2D eigenvalue weighted by Gasteiger charge is 2.22. The van der Waals surface area contributed by atoms with Gasteiger partial charge in [0.2, 0.25) is 5.91 Å². The highest BCUT2D eigenvalue weighted by Crippen LogP contribution is 2.20. The second-order valence-electron chi connectivity index (χ2n) is 6.07. The Bertz CT molecular complexity index is 920. The normalized spacial score (nSPS) is 15.8. The van der Waals surface area contributed by atoms with E-state index in [2.05, 4.69) is 0 Å². The number of piperidine rings is 1. The van der Waals surface area contributed by atoms with E-state index in [0.717, 1.165) is 19.3 Å². The van der Waals surface area contributed by atoms with Gasteiger partial charge in [-0.1, -0.05) is 0 Å². The zero-order valence-corrected chi connectivity index (χ0v) is 14.3. The molecule has 1 aliphatic rings. The second-order valence-corrected chi connectivity index (χ2v) is 8.18. The number of hydrogen-bond donors (Lipinski definition) is 0. The number of hydrogen-bond acceptors (Lipinski definition) is 5. The van der Waals surface area contributed by atoms with Crippen LogP contribution in [0.4, 0.5) is 0 Å². The van der Waals surface area contributed by atoms with E-state index in [-0.39, 0.29) is 28.6 Å². The molecule has 1 saturated heterocycles. The van der Waals surface area contributed by atoms with Crippen molar-refractivity contribution in [3.05, 3.63) is 28.7 Å². The Balaban J connectivity index is 1.75. The molecule has 2 aromatic rings. The van der Waals surface area contributed by atoms with E-state index in [1.807, 2.05) is 0 Å². The molecule has 0 radical (unpaired) electrons. The number of amides is 1. The van der Waals surface area contributed by atoms with Crippen LogP contribution in [0.2, 0.25) is 0 Å². The Morgan fingerprint density at radius 1 is 1.21 bits per heavy atom. The van der Waals surface area contributed by atoms with Crippen molar-refractivity contribution in [2.45, 2.75) is 30.6 Å². The molecule has 0 bridgehead atoms. The Hall–Kier alpha value is -2.09. The molecular weight excluding hydrogens is 332 g/mol. The lowest BCUT2D eigenvalue weighted by Gasteiger charge is -2.26. The maximum atomic E-state index is 12.5. The number of aryl methyl sites for hydroxylation is 1. The molecule has 2 heterocycles. The third-order valence-corrected chi connectivity index (χ3v) is 6.13. The van der Waals surface area contributed by atoms with Crippen LogP contribution in [0.3, 0.4) is 0 Å². The molecule has 1 amide bonds. The summed E-state index contributed by atoms with van der Waals surface area (Å²) in [5.74, 6) is -0.907. The Labute approximate surface area is 139 Å². The zero-order chi connectivity index (χ0) is 17.3. The van der Waals surface area contributed by atoms with Crippen molar-refractivity contribution in [3.63, 3.8) is 0 Å². The number of sulfone groups is 1. The van der Waals surface area contributed by atoms with Gasteiger partial charge in [-0.25, -0.2) is 13.2 Å². The van der Waals surface area contributed by atoms with E-state index in [4.69, 9.17) is 4.42 Å². The molecule has 0 spiro atoms. The van der Waals surface area contributed by atoms with Crippen LogP contribution in [0.25, 0.3) is 11.1 Å². The maximum absolute atomic E-state index is 12.5. The van der Waals surface area contributed by atoms with Crippen LogP contribution in [0.15, 0.2) is 32.3 Å². The summed E-state index contributed by atoms with van der Waals surface area (Å²) in [5.41, 5.74) is 0.759. The van der Waals surface area contributed by atoms with E-state index in [1.54, 1.807) is 18.0 Å². The second kappa shape index (κ2) is 6.43. The van der Waals surface area contributed by atoms with Crippen molar-refractivity contribution < 1.29 is 17.6 Å². The molecule has 0 N–H and O–H groups in total. The van der Waals surface area contributed by atoms with Crippen LogP contribution in [0.1, 0.15) is 25.7 Å². The third-order valence-electron chi connectivity index (χ3n) is 4.42. The van der Waals surface area contributed by atoms with Gasteiger partial charge in [0, 0.05) is 32.6 Å². The largest absolute Gasteiger partial charge is 0.419 e. The van der Waals surface area contributed by atoms with Gasteiger partial charge in [-0.3, -0.25) is 9.36 Å². The van der Waals surface area contributed by atoms with E-state index < -0.39 is 15.6 Å². The van der Waals surface area contributed by atoms with Crippen LogP contribution >= 0.6 is 0 Å². The van der Waals surface area contributed by atoms with Crippen LogP contribution in [0.5, 0.6) is 0 Å². The van der Waals surface area contributed by atoms with Crippen LogP contribution in [-0.4, -0.2) is 42.6 Å². The highest BCUT2D eigenvalue weighted by atomic mass is 32.2. The summed E-state index contributed by atoms with van der Waals surface area (Å²) in [6.07, 6.45) is 3.04. The lowest BCUT2D eigenvalue weighted by atomic mass is 10.1. The first-order valence-electron chi connectivity index (χ1n) is 7.98. The van der Waals surface area contributed by atoms with Crippen LogP contribution < -0.4 is 5.76 Å². The first-order valence-corrected chi connectivity index (χ1v) is 9.64. The number of carbonyl (C=O) groups excluding carboxylic acids is 1. The monoisotopic (exact) mass is 352 g/mol. The van der Waals surface area contributed by atoms with Gasteiger partial charge in [0.05, 0.1) is 16.2 Å². The lowest BCUT2D eigenvalue weighted by Crippen LogP contribution is -2.36. The van der Waals surface area contributed by atoms with Crippen molar-refractivity contribution in [3.8, 4) is 0 Å². The Kier molecular flexibility index (Phi) is 4.49. The smallest absolute Gasteiger partial charge is 0.408 e. The molecule has 1 aromatic heterocycles. The van der Waals surface area contributed by atoms with Gasteiger partial charge >= 0.3 is 5.76 Å². The van der Waals surface area contributed by atoms with E-state index in [0.29, 0.717) is 18.6 Å². The SMILES string of the molecule is Cn1c(=O)oc2cc(S(=O)(=O)CCC(=O)N3CCCCC3)ccc21. The average Bonchev–Trinajstić information content (AvgIpc) is 2.87. The first kappa shape index (κ1) is 16.8. The van der Waals surface area contributed by atoms with Crippen molar-refractivity contribution >= 4 is 26.8 Å². The molecule has 1 aromatic carbocycles. The molecule has 1 fully saturated rings. The standard InChI is InChI=1S/C16H20N2O5S/c1-17-13-6-5-12(11-14(13)23-16(17)20)24(21,22)10-7-15(19)18-8-3-2-4-9-18/h5-6,11H,2-4,7-10H2,1H3. The number of likely N-dealkylation sites (tertiary alicyclic amines) is 1. The van der Waals surface area contributed by atoms with Crippen molar-refractivity contribution in [2.24, 2.45) is 7.05 Å². The van der Waals surface area contributed by atoms with E-state index in [9.17, 15) is 18.0 Å². The number of benzene rings is 1. The molecular formula is C16H20N2O5S. The minimum atomic E-state index is -3.61. The fourth-order valence-corrected chi connectivity index (χ4v) is 4.19. The first-order chi connectivity index (χ1) is 11.4. The van der Waals surface area contributed by atoms with E-state index in [1.165, 1.54) is 16.7 Å². The molecule has 24 heavy (non-hydrogen) atoms. The quantitative estimate of drug-likeness (QED) is 0.827. The molecule has 0 saturated carbocycles. The zero-order valence-electron chi connectivity index (χ0n) is 13.5. The molecule has 7 nitrogen and oxygen atoms in total. The Morgan fingerprint density at radius 3 is 2.62 bits per heavy atom. The summed E-state index contributed by atoms with van der Waals surface area (Å²) in [5, 5.41) is 0. The highest BCUT2D eigenvalue weighted by molar-refractivity contribution is 7.91. The summed E-state index contributed by atoms with van der Waals surface area (Å²) in [6.45, 7) is 1.42. The number of fused-ring (bicyclic) bond motifs is 1. The summed E-state index contributed by atoms with van der Waals surface area (Å²) in [4.78, 5) is 25.4. The van der Waals surface area contributed by atoms with Gasteiger partial charge in [0.25, 0.3) is 0 Å². The van der Waals surface area contributed by atoms with Gasteiger partial charge in [0.1, 0.15) is 0 Å². The predicted molar refractivity (Wildman–Crippen MR) is 88.6 cm³/mol. The fourth-order valence-electron chi connectivity index (χ4n) is 2.95. The molecule has 1 aliphatic heterocycles. The minimum Gasteiger partial charge on any atom is -0.408 e. The van der Waals surface area contributed by atoms with Gasteiger partial charge in [-0.15, -0.1) is 0 Å². The molecule has 3 rings (SSSR count). The minimum absolute atomic E-state index is 0.0287.